The molecule has 1 fully saturated rings. The maximum Gasteiger partial charge on any atom is 0.237 e. The van der Waals surface area contributed by atoms with Crippen LogP contribution in [0.1, 0.15) is 12.8 Å². The monoisotopic (exact) mass is 385 g/mol. The van der Waals surface area contributed by atoms with Gasteiger partial charge >= 0.3 is 0 Å². The van der Waals surface area contributed by atoms with Crippen LogP contribution in [0, 0.1) is 11.3 Å². The summed E-state index contributed by atoms with van der Waals surface area (Å²) in [5, 5.41) is 18.3. The van der Waals surface area contributed by atoms with Crippen LogP contribution in [0.2, 0.25) is 0 Å². The highest BCUT2D eigenvalue weighted by Gasteiger charge is 2.27. The molecule has 1 aromatic heterocycles. The van der Waals surface area contributed by atoms with Crippen molar-refractivity contribution in [2.75, 3.05) is 38.6 Å². The van der Waals surface area contributed by atoms with Crippen LogP contribution >= 0.6 is 11.3 Å². The highest BCUT2D eigenvalue weighted by molar-refractivity contribution is 7.14. The number of nitrogens with one attached hydrogen (secondary N) is 2. The van der Waals surface area contributed by atoms with Crippen molar-refractivity contribution in [1.82, 2.24) is 15.2 Å². The van der Waals surface area contributed by atoms with Gasteiger partial charge in [-0.1, -0.05) is 12.1 Å². The molecule has 1 saturated heterocycles. The number of ether oxygens (including phenoxy) is 1. The van der Waals surface area contributed by atoms with E-state index in [1.165, 1.54) is 11.3 Å². The molecule has 0 radical (unpaired) electrons. The van der Waals surface area contributed by atoms with Gasteiger partial charge in [-0.25, -0.2) is 4.98 Å². The summed E-state index contributed by atoms with van der Waals surface area (Å²) in [5.41, 5.74) is 1.84. The van der Waals surface area contributed by atoms with Crippen LogP contribution < -0.4 is 15.4 Å². The van der Waals surface area contributed by atoms with Crippen molar-refractivity contribution >= 4 is 22.4 Å². The number of methoxy groups -OCH3 is 1. The number of carbonyl (C=O) groups excluding carboxylic acids is 1. The number of hydrogen-bond acceptors (Lipinski definition) is 7. The fourth-order valence-corrected chi connectivity index (χ4v) is 3.83. The lowest BCUT2D eigenvalue weighted by atomic mass is 10.1. The Morgan fingerprint density at radius 1 is 1.44 bits per heavy atom. The minimum absolute atomic E-state index is 0.00763. The van der Waals surface area contributed by atoms with Gasteiger partial charge in [0.25, 0.3) is 0 Å². The molecule has 1 aliphatic heterocycles. The summed E-state index contributed by atoms with van der Waals surface area (Å²) in [4.78, 5) is 18.4. The highest BCUT2D eigenvalue weighted by Crippen LogP contribution is 2.31. The minimum atomic E-state index is -0.263. The normalized spacial score (nSPS) is 16.1. The molecule has 142 valence electrons. The smallest absolute Gasteiger partial charge is 0.237 e. The van der Waals surface area contributed by atoms with Crippen LogP contribution in [0.4, 0.5) is 5.13 Å². The van der Waals surface area contributed by atoms with E-state index in [1.54, 1.807) is 12.0 Å². The van der Waals surface area contributed by atoms with Gasteiger partial charge in [-0.3, -0.25) is 4.79 Å². The molecule has 1 aromatic carbocycles. The topological polar surface area (TPSA) is 90.3 Å². The Balaban J connectivity index is 1.42. The molecule has 1 aliphatic rings. The average molecular weight is 385 g/mol. The SMILES string of the molecule is COc1ccccc1-c1csc(NCCNCC(=O)N2CCCC2C#N)n1. The van der Waals surface area contributed by atoms with Gasteiger partial charge in [0.15, 0.2) is 5.13 Å². The van der Waals surface area contributed by atoms with Crippen LogP contribution in [0.25, 0.3) is 11.3 Å². The molecule has 1 unspecified atom stereocenters. The molecule has 3 rings (SSSR count). The fraction of sp³-hybridized carbons (Fsp3) is 0.421. The van der Waals surface area contributed by atoms with E-state index in [4.69, 9.17) is 10.00 Å². The minimum Gasteiger partial charge on any atom is -0.496 e. The zero-order valence-electron chi connectivity index (χ0n) is 15.3. The molecular formula is C19H23N5O2S. The van der Waals surface area contributed by atoms with Crippen LogP contribution in [0.5, 0.6) is 5.75 Å². The Hall–Kier alpha value is -2.63. The Labute approximate surface area is 163 Å². The predicted octanol–water partition coefficient (Wildman–Crippen LogP) is 2.33. The van der Waals surface area contributed by atoms with Crippen LogP contribution in [-0.4, -0.2) is 55.1 Å². The largest absolute Gasteiger partial charge is 0.496 e. The highest BCUT2D eigenvalue weighted by atomic mass is 32.1. The molecule has 0 saturated carbocycles. The number of likely N-dealkylation sites (tertiary alicyclic amines) is 1. The summed E-state index contributed by atoms with van der Waals surface area (Å²) in [5.74, 6) is 0.791. The first-order chi connectivity index (χ1) is 13.2. The molecular weight excluding hydrogens is 362 g/mol. The van der Waals surface area contributed by atoms with E-state index in [0.717, 1.165) is 35.0 Å². The van der Waals surface area contributed by atoms with Crippen LogP contribution in [0.15, 0.2) is 29.6 Å². The van der Waals surface area contributed by atoms with Crippen molar-refractivity contribution in [3.8, 4) is 23.1 Å². The lowest BCUT2D eigenvalue weighted by Crippen LogP contribution is -2.41. The number of nitriles is 1. The molecule has 0 spiro atoms. The number of rotatable bonds is 8. The number of carbonyl (C=O) groups is 1. The number of aromatic nitrogens is 1. The number of thiazole rings is 1. The molecule has 0 aliphatic carbocycles. The van der Waals surface area contributed by atoms with Crippen molar-refractivity contribution in [3.63, 3.8) is 0 Å². The van der Waals surface area contributed by atoms with Crippen molar-refractivity contribution in [2.24, 2.45) is 0 Å². The summed E-state index contributed by atoms with van der Waals surface area (Å²) in [6.45, 7) is 2.24. The van der Waals surface area contributed by atoms with Gasteiger partial charge in [0.2, 0.25) is 5.91 Å². The molecule has 2 heterocycles. The Morgan fingerprint density at radius 2 is 2.30 bits per heavy atom. The Bertz CT molecular complexity index is 816. The van der Waals surface area contributed by atoms with Gasteiger partial charge in [0, 0.05) is 30.6 Å². The molecule has 1 atom stereocenters. The number of para-hydroxylation sites is 1. The maximum atomic E-state index is 12.1. The molecule has 27 heavy (non-hydrogen) atoms. The van der Waals surface area contributed by atoms with E-state index in [9.17, 15) is 4.79 Å². The van der Waals surface area contributed by atoms with E-state index in [-0.39, 0.29) is 18.5 Å². The van der Waals surface area contributed by atoms with Gasteiger partial charge in [-0.15, -0.1) is 11.3 Å². The Kier molecular flexibility index (Phi) is 6.63. The summed E-state index contributed by atoms with van der Waals surface area (Å²) in [7, 11) is 1.65. The second-order valence-corrected chi connectivity index (χ2v) is 7.07. The number of amides is 1. The van der Waals surface area contributed by atoms with Gasteiger partial charge in [-0.05, 0) is 25.0 Å². The van der Waals surface area contributed by atoms with E-state index >= 15 is 0 Å². The second-order valence-electron chi connectivity index (χ2n) is 6.22. The molecule has 7 nitrogen and oxygen atoms in total. The van der Waals surface area contributed by atoms with Crippen molar-refractivity contribution < 1.29 is 9.53 Å². The third-order valence-corrected chi connectivity index (χ3v) is 5.26. The standard InChI is InChI=1S/C19H23N5O2S/c1-26-17-7-3-2-6-15(17)16-13-27-19(23-16)22-9-8-21-12-18(25)24-10-4-5-14(24)11-20/h2-3,6-7,13-14,21H,4-5,8-10,12H2,1H3,(H,22,23). The van der Waals surface area contributed by atoms with Gasteiger partial charge in [0.05, 0.1) is 25.4 Å². The van der Waals surface area contributed by atoms with E-state index < -0.39 is 0 Å². The number of nitrogens with zero attached hydrogens (tertiary/aromatic N) is 3. The van der Waals surface area contributed by atoms with Crippen molar-refractivity contribution in [1.29, 1.82) is 5.26 Å². The van der Waals surface area contributed by atoms with Crippen LogP contribution in [0.3, 0.4) is 0 Å². The summed E-state index contributed by atoms with van der Waals surface area (Å²) >= 11 is 1.53. The number of anilines is 1. The van der Waals surface area contributed by atoms with Crippen molar-refractivity contribution in [3.05, 3.63) is 29.6 Å². The zero-order chi connectivity index (χ0) is 19.1. The fourth-order valence-electron chi connectivity index (χ4n) is 3.09. The van der Waals surface area contributed by atoms with E-state index in [0.29, 0.717) is 19.6 Å². The summed E-state index contributed by atoms with van der Waals surface area (Å²) in [6, 6.07) is 9.72. The number of hydrogen-bond donors (Lipinski definition) is 2. The average Bonchev–Trinajstić information content (AvgIpc) is 3.36. The van der Waals surface area contributed by atoms with Gasteiger partial charge < -0.3 is 20.3 Å². The predicted molar refractivity (Wildman–Crippen MR) is 106 cm³/mol. The molecule has 0 bridgehead atoms. The van der Waals surface area contributed by atoms with Crippen LogP contribution in [-0.2, 0) is 4.79 Å². The lowest BCUT2D eigenvalue weighted by molar-refractivity contribution is -0.130. The molecule has 1 amide bonds. The quantitative estimate of drug-likeness (QED) is 0.678. The first-order valence-corrected chi connectivity index (χ1v) is 9.83. The van der Waals surface area contributed by atoms with E-state index in [1.807, 2.05) is 29.6 Å². The second kappa shape index (κ2) is 9.35. The van der Waals surface area contributed by atoms with Gasteiger partial charge in [-0.2, -0.15) is 5.26 Å². The first kappa shape index (κ1) is 19.1. The number of benzene rings is 1. The molecule has 8 heteroatoms. The third kappa shape index (κ3) is 4.76. The summed E-state index contributed by atoms with van der Waals surface area (Å²) in [6.07, 6.45) is 1.69. The lowest BCUT2D eigenvalue weighted by Gasteiger charge is -2.19. The third-order valence-electron chi connectivity index (χ3n) is 4.46. The van der Waals surface area contributed by atoms with Gasteiger partial charge in [0.1, 0.15) is 11.8 Å². The Morgan fingerprint density at radius 3 is 3.11 bits per heavy atom. The van der Waals surface area contributed by atoms with Crippen molar-refractivity contribution in [2.45, 2.75) is 18.9 Å². The summed E-state index contributed by atoms with van der Waals surface area (Å²) < 4.78 is 5.38. The zero-order valence-corrected chi connectivity index (χ0v) is 16.1. The first-order valence-electron chi connectivity index (χ1n) is 8.95. The maximum absolute atomic E-state index is 12.1. The molecule has 2 aromatic rings. The molecule has 2 N–H and O–H groups in total. The van der Waals surface area contributed by atoms with E-state index in [2.05, 4.69) is 21.7 Å².